The number of hydrogen-bond acceptors (Lipinski definition) is 3. The van der Waals surface area contributed by atoms with E-state index in [1.807, 2.05) is 6.92 Å². The van der Waals surface area contributed by atoms with Crippen LogP contribution in [0.1, 0.15) is 18.1 Å². The van der Waals surface area contributed by atoms with Gasteiger partial charge in [-0.1, -0.05) is 48.5 Å². The van der Waals surface area contributed by atoms with Gasteiger partial charge < -0.3 is 14.6 Å². The fraction of sp³-hybridized carbons (Fsp3) is 0.143. The minimum Gasteiger partial charge on any atom is -0.494 e. The molecule has 0 fully saturated rings. The summed E-state index contributed by atoms with van der Waals surface area (Å²) in [6, 6.07) is 21.0. The Hall–Kier alpha value is -3.77. The van der Waals surface area contributed by atoms with Crippen molar-refractivity contribution in [3.8, 4) is 33.8 Å². The highest BCUT2D eigenvalue weighted by atomic mass is 19.2. The van der Waals surface area contributed by atoms with Crippen molar-refractivity contribution < 1.29 is 27.8 Å². The molecule has 0 spiro atoms. The van der Waals surface area contributed by atoms with Gasteiger partial charge in [0.05, 0.1) is 13.2 Å². The van der Waals surface area contributed by atoms with Gasteiger partial charge in [-0.2, -0.15) is 0 Å². The first-order chi connectivity index (χ1) is 16.5. The molecule has 0 aliphatic rings. The van der Waals surface area contributed by atoms with Crippen LogP contribution in [0.4, 0.5) is 13.2 Å². The maximum Gasteiger partial charge on any atom is 0.167 e. The van der Waals surface area contributed by atoms with E-state index in [1.54, 1.807) is 60.7 Å². The van der Waals surface area contributed by atoms with E-state index in [0.717, 1.165) is 0 Å². The molecule has 0 amide bonds. The van der Waals surface area contributed by atoms with Crippen LogP contribution in [0.3, 0.4) is 0 Å². The van der Waals surface area contributed by atoms with Gasteiger partial charge >= 0.3 is 0 Å². The van der Waals surface area contributed by atoms with Crippen LogP contribution in [0.25, 0.3) is 22.3 Å². The zero-order valence-corrected chi connectivity index (χ0v) is 18.5. The Morgan fingerprint density at radius 3 is 1.94 bits per heavy atom. The fourth-order valence-corrected chi connectivity index (χ4v) is 3.59. The summed E-state index contributed by atoms with van der Waals surface area (Å²) in [4.78, 5) is 0. The summed E-state index contributed by atoms with van der Waals surface area (Å²) >= 11 is 0. The Morgan fingerprint density at radius 2 is 1.29 bits per heavy atom. The smallest absolute Gasteiger partial charge is 0.167 e. The molecule has 0 aromatic heterocycles. The molecule has 4 rings (SSSR count). The van der Waals surface area contributed by atoms with Gasteiger partial charge in [-0.05, 0) is 47.9 Å². The van der Waals surface area contributed by atoms with Gasteiger partial charge in [0.25, 0.3) is 0 Å². The summed E-state index contributed by atoms with van der Waals surface area (Å²) < 4.78 is 54.7. The highest BCUT2D eigenvalue weighted by molar-refractivity contribution is 5.66. The number of hydrogen-bond donors (Lipinski definition) is 1. The average molecular weight is 464 g/mol. The first kappa shape index (κ1) is 23.4. The van der Waals surface area contributed by atoms with Crippen molar-refractivity contribution in [3.05, 3.63) is 107 Å². The lowest BCUT2D eigenvalue weighted by Crippen LogP contribution is -2.02. The van der Waals surface area contributed by atoms with Crippen LogP contribution in [-0.4, -0.2) is 11.7 Å². The van der Waals surface area contributed by atoms with Crippen molar-refractivity contribution in [3.63, 3.8) is 0 Å². The predicted octanol–water partition coefficient (Wildman–Crippen LogP) is 6.91. The number of halogens is 3. The van der Waals surface area contributed by atoms with Gasteiger partial charge in [-0.25, -0.2) is 13.2 Å². The van der Waals surface area contributed by atoms with E-state index < -0.39 is 17.5 Å². The molecule has 4 aromatic carbocycles. The van der Waals surface area contributed by atoms with E-state index in [4.69, 9.17) is 14.6 Å². The number of benzene rings is 4. The molecule has 6 heteroatoms. The van der Waals surface area contributed by atoms with Gasteiger partial charge in [0.15, 0.2) is 11.6 Å². The fourth-order valence-electron chi connectivity index (χ4n) is 3.59. The van der Waals surface area contributed by atoms with E-state index in [0.29, 0.717) is 40.4 Å². The van der Waals surface area contributed by atoms with Crippen LogP contribution in [-0.2, 0) is 13.2 Å². The predicted molar refractivity (Wildman–Crippen MR) is 125 cm³/mol. The standard InChI is InChI=1S/C28H23F3O3/c1-2-33-23-12-14-24(26(29)15-23)19-7-10-22(11-8-19)34-17-21-9-13-25(28(31)27(21)30)20-5-3-18(16-32)4-6-20/h3-15,32H,2,16-17H2,1H3. The average Bonchev–Trinajstić information content (AvgIpc) is 2.86. The highest BCUT2D eigenvalue weighted by Gasteiger charge is 2.15. The maximum absolute atomic E-state index is 14.7. The molecule has 0 saturated heterocycles. The van der Waals surface area contributed by atoms with Gasteiger partial charge in [-0.3, -0.25) is 0 Å². The lowest BCUT2D eigenvalue weighted by molar-refractivity contribution is 0.282. The largest absolute Gasteiger partial charge is 0.494 e. The third kappa shape index (κ3) is 5.07. The zero-order valence-electron chi connectivity index (χ0n) is 18.5. The second-order valence-electron chi connectivity index (χ2n) is 7.64. The molecule has 0 aliphatic carbocycles. The summed E-state index contributed by atoms with van der Waals surface area (Å²) in [5.74, 6) is -1.43. The van der Waals surface area contributed by atoms with Crippen molar-refractivity contribution in [2.24, 2.45) is 0 Å². The van der Waals surface area contributed by atoms with E-state index in [2.05, 4.69) is 0 Å². The summed E-state index contributed by atoms with van der Waals surface area (Å²) in [5.41, 5.74) is 2.49. The van der Waals surface area contributed by atoms with Crippen molar-refractivity contribution in [1.29, 1.82) is 0 Å². The summed E-state index contributed by atoms with van der Waals surface area (Å²) in [5, 5.41) is 9.13. The molecule has 0 saturated carbocycles. The van der Waals surface area contributed by atoms with E-state index in [1.165, 1.54) is 18.2 Å². The molecule has 0 atom stereocenters. The van der Waals surface area contributed by atoms with E-state index in [9.17, 15) is 13.2 Å². The van der Waals surface area contributed by atoms with E-state index >= 15 is 0 Å². The second kappa shape index (κ2) is 10.4. The van der Waals surface area contributed by atoms with Gasteiger partial charge in [-0.15, -0.1) is 0 Å². The van der Waals surface area contributed by atoms with Crippen molar-refractivity contribution >= 4 is 0 Å². The molecule has 4 aromatic rings. The quantitative estimate of drug-likeness (QED) is 0.308. The van der Waals surface area contributed by atoms with Gasteiger partial charge in [0.1, 0.15) is 23.9 Å². The van der Waals surface area contributed by atoms with Crippen LogP contribution in [0, 0.1) is 17.5 Å². The zero-order chi connectivity index (χ0) is 24.1. The number of aliphatic hydroxyl groups excluding tert-OH is 1. The van der Waals surface area contributed by atoms with E-state index in [-0.39, 0.29) is 24.3 Å². The van der Waals surface area contributed by atoms with Crippen LogP contribution < -0.4 is 9.47 Å². The molecule has 3 nitrogen and oxygen atoms in total. The summed E-state index contributed by atoms with van der Waals surface area (Å²) in [6.07, 6.45) is 0. The number of rotatable bonds is 8. The Bertz CT molecular complexity index is 1270. The van der Waals surface area contributed by atoms with Crippen LogP contribution in [0.15, 0.2) is 78.9 Å². The number of aliphatic hydroxyl groups is 1. The molecule has 0 heterocycles. The normalized spacial score (nSPS) is 10.9. The van der Waals surface area contributed by atoms with Crippen LogP contribution >= 0.6 is 0 Å². The van der Waals surface area contributed by atoms with Crippen molar-refractivity contribution in [2.45, 2.75) is 20.1 Å². The van der Waals surface area contributed by atoms with Gasteiger partial charge in [0, 0.05) is 22.8 Å². The van der Waals surface area contributed by atoms with Crippen LogP contribution in [0.2, 0.25) is 0 Å². The first-order valence-corrected chi connectivity index (χ1v) is 10.8. The molecule has 0 aliphatic heterocycles. The first-order valence-electron chi connectivity index (χ1n) is 10.8. The lowest BCUT2D eigenvalue weighted by atomic mass is 10.0. The minimum atomic E-state index is -0.975. The van der Waals surface area contributed by atoms with Crippen molar-refractivity contribution in [1.82, 2.24) is 0 Å². The molecular weight excluding hydrogens is 441 g/mol. The monoisotopic (exact) mass is 464 g/mol. The molecule has 0 unspecified atom stereocenters. The highest BCUT2D eigenvalue weighted by Crippen LogP contribution is 2.30. The maximum atomic E-state index is 14.7. The van der Waals surface area contributed by atoms with Crippen molar-refractivity contribution in [2.75, 3.05) is 6.61 Å². The number of ether oxygens (including phenoxy) is 2. The molecule has 0 bridgehead atoms. The molecule has 174 valence electrons. The molecule has 0 radical (unpaired) electrons. The van der Waals surface area contributed by atoms with Crippen LogP contribution in [0.5, 0.6) is 11.5 Å². The lowest BCUT2D eigenvalue weighted by Gasteiger charge is -2.12. The summed E-state index contributed by atoms with van der Waals surface area (Å²) in [7, 11) is 0. The third-order valence-electron chi connectivity index (χ3n) is 5.42. The topological polar surface area (TPSA) is 38.7 Å². The summed E-state index contributed by atoms with van der Waals surface area (Å²) in [6.45, 7) is 2.00. The Morgan fingerprint density at radius 1 is 0.676 bits per heavy atom. The Labute approximate surface area is 196 Å². The Kier molecular flexibility index (Phi) is 7.18. The molecule has 34 heavy (non-hydrogen) atoms. The SMILES string of the molecule is CCOc1ccc(-c2ccc(OCc3ccc(-c4ccc(CO)cc4)c(F)c3F)cc2)c(F)c1. The minimum absolute atomic E-state index is 0.0786. The second-order valence-corrected chi connectivity index (χ2v) is 7.64. The Balaban J connectivity index is 1.46. The van der Waals surface area contributed by atoms with Gasteiger partial charge in [0.2, 0.25) is 0 Å². The molecule has 1 N–H and O–H groups in total. The third-order valence-corrected chi connectivity index (χ3v) is 5.42. The molecular formula is C28H23F3O3.